The summed E-state index contributed by atoms with van der Waals surface area (Å²) >= 11 is 5.89. The van der Waals surface area contributed by atoms with Gasteiger partial charge in [0.1, 0.15) is 0 Å². The van der Waals surface area contributed by atoms with Gasteiger partial charge in [0.2, 0.25) is 5.52 Å². The van der Waals surface area contributed by atoms with Gasteiger partial charge < -0.3 is 10.5 Å². The molecule has 3 rings (SSSR count). The van der Waals surface area contributed by atoms with Crippen molar-refractivity contribution >= 4 is 34.1 Å². The molecule has 0 unspecified atom stereocenters. The Morgan fingerprint density at radius 1 is 1.05 bits per heavy atom. The van der Waals surface area contributed by atoms with Gasteiger partial charge in [0.05, 0.1) is 0 Å². The maximum absolute atomic E-state index is 12.3. The zero-order valence-corrected chi connectivity index (χ0v) is 11.7. The number of aromatic nitrogens is 1. The number of carbonyl (C=O) groups excluding carboxylic acids is 1. The summed E-state index contributed by atoms with van der Waals surface area (Å²) in [6, 6.07) is 17.1. The molecule has 0 aliphatic heterocycles. The molecule has 0 atom stereocenters. The Morgan fingerprint density at radius 3 is 2.57 bits per heavy atom. The van der Waals surface area contributed by atoms with Gasteiger partial charge in [-0.05, 0) is 30.3 Å². The third kappa shape index (κ3) is 2.66. The number of nitrogens with one attached hydrogen (secondary N) is 1. The fourth-order valence-electron chi connectivity index (χ4n) is 2.09. The lowest BCUT2D eigenvalue weighted by Crippen LogP contribution is -2.37. The van der Waals surface area contributed by atoms with E-state index in [-0.39, 0.29) is 5.69 Å². The van der Waals surface area contributed by atoms with Crippen LogP contribution in [0.25, 0.3) is 10.9 Å². The summed E-state index contributed by atoms with van der Waals surface area (Å²) in [4.78, 5) is 12.2. The molecule has 5 heteroatoms. The van der Waals surface area contributed by atoms with Crippen molar-refractivity contribution in [1.82, 2.24) is 0 Å². The molecule has 0 fully saturated rings. The molecule has 0 aliphatic carbocycles. The lowest BCUT2D eigenvalue weighted by atomic mass is 10.2. The lowest BCUT2D eigenvalue weighted by Gasteiger charge is -2.08. The van der Waals surface area contributed by atoms with Crippen LogP contribution in [0.5, 0.6) is 0 Å². The maximum atomic E-state index is 12.3. The second-order valence-corrected chi connectivity index (χ2v) is 4.97. The van der Waals surface area contributed by atoms with Gasteiger partial charge in [-0.2, -0.15) is 4.73 Å². The van der Waals surface area contributed by atoms with E-state index in [0.717, 1.165) is 0 Å². The summed E-state index contributed by atoms with van der Waals surface area (Å²) in [6.45, 7) is 0. The summed E-state index contributed by atoms with van der Waals surface area (Å²) in [5, 5.41) is 16.2. The number of amides is 1. The standard InChI is InChI=1S/C16H11ClN2O2/c17-12-7-9-14-11(10-12)6-8-15(19(14)21)16(20)18-13-4-2-1-3-5-13/h1-10H,(H,18,20). The number of fused-ring (bicyclic) bond motifs is 1. The van der Waals surface area contributed by atoms with Gasteiger partial charge in [-0.3, -0.25) is 4.79 Å². The third-order valence-electron chi connectivity index (χ3n) is 3.11. The molecule has 1 N–H and O–H groups in total. The fourth-order valence-corrected chi connectivity index (χ4v) is 2.28. The Labute approximate surface area is 126 Å². The summed E-state index contributed by atoms with van der Waals surface area (Å²) in [7, 11) is 0. The predicted octanol–water partition coefficient (Wildman–Crippen LogP) is 3.38. The van der Waals surface area contributed by atoms with Crippen LogP contribution in [0.1, 0.15) is 10.5 Å². The largest absolute Gasteiger partial charge is 0.618 e. The van der Waals surface area contributed by atoms with E-state index in [4.69, 9.17) is 11.6 Å². The molecular formula is C16H11ClN2O2. The first-order valence-electron chi connectivity index (χ1n) is 6.33. The summed E-state index contributed by atoms with van der Waals surface area (Å²) in [5.41, 5.74) is 1.08. The van der Waals surface area contributed by atoms with Gasteiger partial charge in [0.15, 0.2) is 0 Å². The smallest absolute Gasteiger partial charge is 0.321 e. The second kappa shape index (κ2) is 5.42. The van der Waals surface area contributed by atoms with Crippen molar-refractivity contribution in [3.63, 3.8) is 0 Å². The summed E-state index contributed by atoms with van der Waals surface area (Å²) in [6.07, 6.45) is 0. The number of carbonyl (C=O) groups is 1. The van der Waals surface area contributed by atoms with E-state index in [2.05, 4.69) is 5.32 Å². The topological polar surface area (TPSA) is 56.0 Å². The molecule has 0 aliphatic rings. The van der Waals surface area contributed by atoms with Crippen LogP contribution in [0, 0.1) is 5.21 Å². The first-order valence-corrected chi connectivity index (χ1v) is 6.71. The van der Waals surface area contributed by atoms with Gasteiger partial charge in [-0.1, -0.05) is 29.8 Å². The highest BCUT2D eigenvalue weighted by molar-refractivity contribution is 6.31. The van der Waals surface area contributed by atoms with Crippen LogP contribution in [-0.2, 0) is 0 Å². The zero-order valence-electron chi connectivity index (χ0n) is 10.9. The van der Waals surface area contributed by atoms with E-state index >= 15 is 0 Å². The quantitative estimate of drug-likeness (QED) is 0.582. The Bertz CT molecular complexity index is 819. The highest BCUT2D eigenvalue weighted by Gasteiger charge is 2.18. The van der Waals surface area contributed by atoms with Gasteiger partial charge in [-0.15, -0.1) is 0 Å². The van der Waals surface area contributed by atoms with Crippen LogP contribution < -0.4 is 10.0 Å². The Kier molecular flexibility index (Phi) is 3.46. The van der Waals surface area contributed by atoms with Crippen molar-refractivity contribution in [1.29, 1.82) is 0 Å². The van der Waals surface area contributed by atoms with Crippen molar-refractivity contribution < 1.29 is 9.52 Å². The van der Waals surface area contributed by atoms with Crippen LogP contribution in [0.15, 0.2) is 60.7 Å². The number of hydrogen-bond acceptors (Lipinski definition) is 2. The highest BCUT2D eigenvalue weighted by atomic mass is 35.5. The normalized spacial score (nSPS) is 10.5. The van der Waals surface area contributed by atoms with Gasteiger partial charge in [-0.25, -0.2) is 0 Å². The Hall–Kier alpha value is -2.59. The molecule has 0 saturated heterocycles. The second-order valence-electron chi connectivity index (χ2n) is 4.54. The average molecular weight is 299 g/mol. The summed E-state index contributed by atoms with van der Waals surface area (Å²) in [5.74, 6) is -0.451. The van der Waals surface area contributed by atoms with Crippen LogP contribution in [-0.4, -0.2) is 5.91 Å². The number of hydrogen-bond donors (Lipinski definition) is 1. The lowest BCUT2D eigenvalue weighted by molar-refractivity contribution is -0.579. The van der Waals surface area contributed by atoms with Crippen molar-refractivity contribution in [2.75, 3.05) is 5.32 Å². The maximum Gasteiger partial charge on any atom is 0.321 e. The van der Waals surface area contributed by atoms with Crippen molar-refractivity contribution in [2.45, 2.75) is 0 Å². The predicted molar refractivity (Wildman–Crippen MR) is 82.3 cm³/mol. The van der Waals surface area contributed by atoms with E-state index in [0.29, 0.717) is 26.3 Å². The highest BCUT2D eigenvalue weighted by Crippen LogP contribution is 2.17. The van der Waals surface area contributed by atoms with Gasteiger partial charge >= 0.3 is 5.91 Å². The average Bonchev–Trinajstić information content (AvgIpc) is 2.48. The SMILES string of the molecule is O=C(Nc1ccccc1)c1ccc2cc(Cl)ccc2[n+]1[O-]. The number of pyridine rings is 1. The first kappa shape index (κ1) is 13.4. The van der Waals surface area contributed by atoms with E-state index in [9.17, 15) is 10.0 Å². The molecule has 1 heterocycles. The fraction of sp³-hybridized carbons (Fsp3) is 0. The minimum atomic E-state index is -0.451. The number of rotatable bonds is 2. The number of halogens is 1. The van der Waals surface area contributed by atoms with E-state index < -0.39 is 5.91 Å². The zero-order chi connectivity index (χ0) is 14.8. The number of para-hydroxylation sites is 1. The van der Waals surface area contributed by atoms with Crippen LogP contribution in [0.3, 0.4) is 0 Å². The van der Waals surface area contributed by atoms with Crippen molar-refractivity contribution in [3.05, 3.63) is 76.6 Å². The van der Waals surface area contributed by atoms with Gasteiger partial charge in [0.25, 0.3) is 5.69 Å². The number of anilines is 1. The molecule has 104 valence electrons. The third-order valence-corrected chi connectivity index (χ3v) is 3.35. The minimum absolute atomic E-state index is 0.0358. The van der Waals surface area contributed by atoms with Crippen LogP contribution in [0.2, 0.25) is 5.02 Å². The molecule has 4 nitrogen and oxygen atoms in total. The molecular weight excluding hydrogens is 288 g/mol. The van der Waals surface area contributed by atoms with E-state index in [1.807, 2.05) is 18.2 Å². The summed E-state index contributed by atoms with van der Waals surface area (Å²) < 4.78 is 0.615. The Balaban J connectivity index is 1.99. The molecule has 2 aromatic carbocycles. The molecule has 3 aromatic rings. The van der Waals surface area contributed by atoms with Crippen LogP contribution >= 0.6 is 11.6 Å². The number of nitrogens with zero attached hydrogens (tertiary/aromatic N) is 1. The Morgan fingerprint density at radius 2 is 1.81 bits per heavy atom. The molecule has 21 heavy (non-hydrogen) atoms. The van der Waals surface area contributed by atoms with E-state index in [1.165, 1.54) is 6.07 Å². The number of benzene rings is 2. The van der Waals surface area contributed by atoms with E-state index in [1.54, 1.807) is 36.4 Å². The molecule has 0 spiro atoms. The van der Waals surface area contributed by atoms with Crippen molar-refractivity contribution in [2.24, 2.45) is 0 Å². The first-order chi connectivity index (χ1) is 10.1. The molecule has 0 radical (unpaired) electrons. The van der Waals surface area contributed by atoms with Crippen LogP contribution in [0.4, 0.5) is 5.69 Å². The molecule has 1 amide bonds. The molecule has 1 aromatic heterocycles. The monoisotopic (exact) mass is 298 g/mol. The van der Waals surface area contributed by atoms with Crippen molar-refractivity contribution in [3.8, 4) is 0 Å². The minimum Gasteiger partial charge on any atom is -0.618 e. The molecule has 0 bridgehead atoms. The molecule has 0 saturated carbocycles. The van der Waals surface area contributed by atoms with Gasteiger partial charge in [0, 0.05) is 28.2 Å².